The Morgan fingerprint density at radius 3 is 2.75 bits per heavy atom. The van der Waals surface area contributed by atoms with Crippen LogP contribution in [0.15, 0.2) is 46.9 Å². The molecule has 0 fully saturated rings. The molecule has 0 radical (unpaired) electrons. The average Bonchev–Trinajstić information content (AvgIpc) is 2.49. The van der Waals surface area contributed by atoms with Crippen molar-refractivity contribution in [2.75, 3.05) is 12.4 Å². The minimum atomic E-state index is 0.0895. The Hall–Kier alpha value is -1.99. The first-order valence-electron chi connectivity index (χ1n) is 6.24. The third kappa shape index (κ3) is 3.31. The third-order valence-electron chi connectivity index (χ3n) is 3.06. The van der Waals surface area contributed by atoms with Crippen LogP contribution < -0.4 is 10.1 Å². The molecule has 0 aliphatic heterocycles. The number of nitrogens with one attached hydrogen (secondary N) is 1. The lowest BCUT2D eigenvalue weighted by Crippen LogP contribution is -2.07. The highest BCUT2D eigenvalue weighted by atomic mass is 79.9. The van der Waals surface area contributed by atoms with E-state index in [4.69, 9.17) is 10.00 Å². The standard InChI is InChI=1S/C16H15BrN2O/c1-11(13-5-3-4-12(8-13)10-18)19-16-9-14(20-2)6-7-15(16)17/h3-9,11,19H,1-2H3. The van der Waals surface area contributed by atoms with E-state index in [0.29, 0.717) is 5.56 Å². The molecule has 0 aliphatic rings. The van der Waals surface area contributed by atoms with E-state index in [-0.39, 0.29) is 6.04 Å². The molecule has 0 aromatic heterocycles. The van der Waals surface area contributed by atoms with Crippen LogP contribution in [-0.2, 0) is 0 Å². The number of rotatable bonds is 4. The van der Waals surface area contributed by atoms with Gasteiger partial charge >= 0.3 is 0 Å². The number of nitrogens with zero attached hydrogens (tertiary/aromatic N) is 1. The highest BCUT2D eigenvalue weighted by Gasteiger charge is 2.09. The molecule has 0 amide bonds. The van der Waals surface area contributed by atoms with E-state index in [0.717, 1.165) is 21.5 Å². The zero-order chi connectivity index (χ0) is 14.5. The normalized spacial score (nSPS) is 11.5. The molecule has 0 saturated heterocycles. The maximum atomic E-state index is 8.95. The van der Waals surface area contributed by atoms with Crippen molar-refractivity contribution < 1.29 is 4.74 Å². The molecule has 1 atom stereocenters. The van der Waals surface area contributed by atoms with E-state index in [1.54, 1.807) is 13.2 Å². The first-order chi connectivity index (χ1) is 9.63. The predicted octanol–water partition coefficient (Wildman–Crippen LogP) is 4.50. The molecule has 1 N–H and O–H groups in total. The number of ether oxygens (including phenoxy) is 1. The fourth-order valence-electron chi connectivity index (χ4n) is 1.94. The van der Waals surface area contributed by atoms with Crippen molar-refractivity contribution in [1.29, 1.82) is 5.26 Å². The second-order valence-electron chi connectivity index (χ2n) is 4.45. The summed E-state index contributed by atoms with van der Waals surface area (Å²) < 4.78 is 6.20. The Kier molecular flexibility index (Phi) is 4.65. The highest BCUT2D eigenvalue weighted by Crippen LogP contribution is 2.30. The van der Waals surface area contributed by atoms with Gasteiger partial charge in [-0.05, 0) is 52.7 Å². The SMILES string of the molecule is COc1ccc(Br)c(NC(C)c2cccc(C#N)c2)c1. The fourth-order valence-corrected chi connectivity index (χ4v) is 2.30. The minimum absolute atomic E-state index is 0.0895. The maximum Gasteiger partial charge on any atom is 0.121 e. The number of benzene rings is 2. The third-order valence-corrected chi connectivity index (χ3v) is 3.75. The van der Waals surface area contributed by atoms with Crippen molar-refractivity contribution in [3.05, 3.63) is 58.1 Å². The molecule has 0 spiro atoms. The summed E-state index contributed by atoms with van der Waals surface area (Å²) in [5, 5.41) is 12.4. The Morgan fingerprint density at radius 1 is 1.25 bits per heavy atom. The quantitative estimate of drug-likeness (QED) is 0.897. The number of halogens is 1. The second-order valence-corrected chi connectivity index (χ2v) is 5.30. The summed E-state index contributed by atoms with van der Waals surface area (Å²) in [5.74, 6) is 0.800. The van der Waals surface area contributed by atoms with Gasteiger partial charge in [-0.1, -0.05) is 12.1 Å². The summed E-state index contributed by atoms with van der Waals surface area (Å²) in [4.78, 5) is 0. The summed E-state index contributed by atoms with van der Waals surface area (Å²) in [6.07, 6.45) is 0. The molecule has 2 aromatic carbocycles. The van der Waals surface area contributed by atoms with Crippen molar-refractivity contribution in [3.8, 4) is 11.8 Å². The molecular weight excluding hydrogens is 316 g/mol. The van der Waals surface area contributed by atoms with Crippen molar-refractivity contribution in [3.63, 3.8) is 0 Å². The largest absolute Gasteiger partial charge is 0.497 e. The fraction of sp³-hybridized carbons (Fsp3) is 0.188. The molecule has 0 saturated carbocycles. The summed E-state index contributed by atoms with van der Waals surface area (Å²) in [6, 6.07) is 15.6. The smallest absolute Gasteiger partial charge is 0.121 e. The van der Waals surface area contributed by atoms with Gasteiger partial charge in [0.2, 0.25) is 0 Å². The number of methoxy groups -OCH3 is 1. The van der Waals surface area contributed by atoms with Gasteiger partial charge in [-0.3, -0.25) is 0 Å². The van der Waals surface area contributed by atoms with Crippen LogP contribution in [0.5, 0.6) is 5.75 Å². The van der Waals surface area contributed by atoms with Gasteiger partial charge < -0.3 is 10.1 Å². The Balaban J connectivity index is 2.23. The predicted molar refractivity (Wildman–Crippen MR) is 83.9 cm³/mol. The second kappa shape index (κ2) is 6.44. The molecule has 0 bridgehead atoms. The van der Waals surface area contributed by atoms with Crippen molar-refractivity contribution >= 4 is 21.6 Å². The molecule has 2 rings (SSSR count). The monoisotopic (exact) mass is 330 g/mol. The van der Waals surface area contributed by atoms with Crippen LogP contribution in [0.2, 0.25) is 0 Å². The molecule has 102 valence electrons. The van der Waals surface area contributed by atoms with Gasteiger partial charge in [0.05, 0.1) is 24.4 Å². The van der Waals surface area contributed by atoms with Crippen LogP contribution in [0.1, 0.15) is 24.1 Å². The van der Waals surface area contributed by atoms with Gasteiger partial charge in [0, 0.05) is 16.6 Å². The average molecular weight is 331 g/mol. The molecule has 4 heteroatoms. The van der Waals surface area contributed by atoms with Crippen LogP contribution in [0.25, 0.3) is 0 Å². The lowest BCUT2D eigenvalue weighted by Gasteiger charge is -2.17. The van der Waals surface area contributed by atoms with E-state index in [2.05, 4.69) is 34.2 Å². The summed E-state index contributed by atoms with van der Waals surface area (Å²) in [6.45, 7) is 2.06. The number of hydrogen-bond donors (Lipinski definition) is 1. The topological polar surface area (TPSA) is 45.0 Å². The van der Waals surface area contributed by atoms with Crippen LogP contribution in [0.4, 0.5) is 5.69 Å². The number of nitriles is 1. The van der Waals surface area contributed by atoms with Gasteiger partial charge in [0.15, 0.2) is 0 Å². The van der Waals surface area contributed by atoms with E-state index in [1.165, 1.54) is 0 Å². The molecule has 0 aliphatic carbocycles. The van der Waals surface area contributed by atoms with E-state index in [1.807, 2.05) is 36.4 Å². The van der Waals surface area contributed by atoms with E-state index >= 15 is 0 Å². The maximum absolute atomic E-state index is 8.95. The van der Waals surface area contributed by atoms with Crippen LogP contribution >= 0.6 is 15.9 Å². The van der Waals surface area contributed by atoms with Gasteiger partial charge in [-0.2, -0.15) is 5.26 Å². The van der Waals surface area contributed by atoms with E-state index in [9.17, 15) is 0 Å². The van der Waals surface area contributed by atoms with E-state index < -0.39 is 0 Å². The lowest BCUT2D eigenvalue weighted by atomic mass is 10.1. The van der Waals surface area contributed by atoms with Gasteiger partial charge in [-0.15, -0.1) is 0 Å². The number of hydrogen-bond acceptors (Lipinski definition) is 3. The van der Waals surface area contributed by atoms with Gasteiger partial charge in [0.25, 0.3) is 0 Å². The van der Waals surface area contributed by atoms with Crippen molar-refractivity contribution in [1.82, 2.24) is 0 Å². The molecule has 0 heterocycles. The highest BCUT2D eigenvalue weighted by molar-refractivity contribution is 9.10. The van der Waals surface area contributed by atoms with Crippen molar-refractivity contribution in [2.45, 2.75) is 13.0 Å². The zero-order valence-corrected chi connectivity index (χ0v) is 12.9. The minimum Gasteiger partial charge on any atom is -0.497 e. The molecule has 20 heavy (non-hydrogen) atoms. The van der Waals surface area contributed by atoms with Gasteiger partial charge in [0.1, 0.15) is 5.75 Å². The molecule has 1 unspecified atom stereocenters. The van der Waals surface area contributed by atoms with Crippen molar-refractivity contribution in [2.24, 2.45) is 0 Å². The zero-order valence-electron chi connectivity index (χ0n) is 11.4. The molecule has 2 aromatic rings. The first-order valence-corrected chi connectivity index (χ1v) is 7.03. The lowest BCUT2D eigenvalue weighted by molar-refractivity contribution is 0.415. The Morgan fingerprint density at radius 2 is 2.05 bits per heavy atom. The summed E-state index contributed by atoms with van der Waals surface area (Å²) in [5.41, 5.74) is 2.69. The van der Waals surface area contributed by atoms with Crippen LogP contribution in [0, 0.1) is 11.3 Å². The summed E-state index contributed by atoms with van der Waals surface area (Å²) in [7, 11) is 1.65. The first kappa shape index (κ1) is 14.4. The Labute approximate surface area is 127 Å². The number of anilines is 1. The molecule has 3 nitrogen and oxygen atoms in total. The Bertz CT molecular complexity index is 649. The molecular formula is C16H15BrN2O. The summed E-state index contributed by atoms with van der Waals surface area (Å²) >= 11 is 3.52. The van der Waals surface area contributed by atoms with Gasteiger partial charge in [-0.25, -0.2) is 0 Å². The van der Waals surface area contributed by atoms with Crippen LogP contribution in [0.3, 0.4) is 0 Å². The van der Waals surface area contributed by atoms with Crippen LogP contribution in [-0.4, -0.2) is 7.11 Å².